The molecule has 2 aliphatic heterocycles. The predicted octanol–water partition coefficient (Wildman–Crippen LogP) is 2.35. The number of aromatic nitrogens is 2. The van der Waals surface area contributed by atoms with Crippen molar-refractivity contribution in [3.63, 3.8) is 0 Å². The van der Waals surface area contributed by atoms with E-state index in [9.17, 15) is 0 Å². The van der Waals surface area contributed by atoms with Gasteiger partial charge in [-0.3, -0.25) is 4.90 Å². The van der Waals surface area contributed by atoms with Crippen LogP contribution in [-0.4, -0.2) is 45.9 Å². The van der Waals surface area contributed by atoms with Crippen molar-refractivity contribution in [1.29, 1.82) is 0 Å². The van der Waals surface area contributed by atoms with Crippen molar-refractivity contribution in [1.82, 2.24) is 14.5 Å². The van der Waals surface area contributed by atoms with E-state index < -0.39 is 0 Å². The first-order valence-electron chi connectivity index (χ1n) is 7.65. The smallest absolute Gasteiger partial charge is 0.125 e. The molecule has 2 fully saturated rings. The third kappa shape index (κ3) is 2.99. The molecule has 0 radical (unpaired) electrons. The fourth-order valence-corrected chi connectivity index (χ4v) is 3.84. The summed E-state index contributed by atoms with van der Waals surface area (Å²) in [6.07, 6.45) is 2.19. The monoisotopic (exact) mass is 317 g/mol. The maximum Gasteiger partial charge on any atom is 0.125 e. The Morgan fingerprint density at radius 1 is 1.36 bits per heavy atom. The minimum absolute atomic E-state index is 0.0388. The zero-order valence-electron chi connectivity index (χ0n) is 12.4. The summed E-state index contributed by atoms with van der Waals surface area (Å²) in [6.45, 7) is 3.56. The van der Waals surface area contributed by atoms with E-state index in [1.165, 1.54) is 11.5 Å². The highest BCUT2D eigenvalue weighted by Crippen LogP contribution is 2.37. The first-order valence-corrected chi connectivity index (χ1v) is 8.49. The molecule has 116 valence electrons. The summed E-state index contributed by atoms with van der Waals surface area (Å²) in [7, 11) is 0. The summed E-state index contributed by atoms with van der Waals surface area (Å²) in [6, 6.07) is 10.0. The Labute approximate surface area is 134 Å². The van der Waals surface area contributed by atoms with Gasteiger partial charge in [-0.05, 0) is 30.1 Å². The molecule has 1 aromatic carbocycles. The van der Waals surface area contributed by atoms with Crippen LogP contribution in [-0.2, 0) is 11.3 Å². The molecule has 3 heterocycles. The molecule has 1 aromatic heterocycles. The molecule has 2 saturated heterocycles. The van der Waals surface area contributed by atoms with Crippen LogP contribution in [0.25, 0.3) is 0 Å². The highest BCUT2D eigenvalue weighted by Gasteiger charge is 2.46. The molecule has 22 heavy (non-hydrogen) atoms. The summed E-state index contributed by atoms with van der Waals surface area (Å²) < 4.78 is 16.1. The molecule has 0 unspecified atom stereocenters. The van der Waals surface area contributed by atoms with Crippen LogP contribution in [0.4, 0.5) is 0 Å². The average molecular weight is 317 g/mol. The second-order valence-electron chi connectivity index (χ2n) is 6.11. The van der Waals surface area contributed by atoms with Gasteiger partial charge in [0, 0.05) is 31.4 Å². The van der Waals surface area contributed by atoms with Gasteiger partial charge in [-0.1, -0.05) is 22.7 Å². The number of para-hydroxylation sites is 1. The molecule has 2 atom stereocenters. The molecule has 0 N–H and O–H groups in total. The number of hydrogen-bond donors (Lipinski definition) is 0. The van der Waals surface area contributed by atoms with Crippen molar-refractivity contribution in [3.05, 3.63) is 41.4 Å². The van der Waals surface area contributed by atoms with E-state index in [4.69, 9.17) is 9.47 Å². The Bertz CT molecular complexity index is 607. The quantitative estimate of drug-likeness (QED) is 0.866. The molecule has 0 amide bonds. The van der Waals surface area contributed by atoms with Gasteiger partial charge in [-0.15, -0.1) is 5.10 Å². The Morgan fingerprint density at radius 3 is 3.09 bits per heavy atom. The lowest BCUT2D eigenvalue weighted by Crippen LogP contribution is -2.33. The highest BCUT2D eigenvalue weighted by atomic mass is 32.1. The van der Waals surface area contributed by atoms with E-state index in [-0.39, 0.29) is 11.7 Å². The summed E-state index contributed by atoms with van der Waals surface area (Å²) in [5.74, 6) is 0.927. The van der Waals surface area contributed by atoms with Gasteiger partial charge in [0.1, 0.15) is 11.9 Å². The predicted molar refractivity (Wildman–Crippen MR) is 84.0 cm³/mol. The van der Waals surface area contributed by atoms with Crippen molar-refractivity contribution in [2.24, 2.45) is 0 Å². The zero-order valence-corrected chi connectivity index (χ0v) is 13.2. The summed E-state index contributed by atoms with van der Waals surface area (Å²) in [4.78, 5) is 2.40. The van der Waals surface area contributed by atoms with Crippen molar-refractivity contribution in [3.8, 4) is 5.75 Å². The van der Waals surface area contributed by atoms with Crippen molar-refractivity contribution in [2.75, 3.05) is 19.7 Å². The second kappa shape index (κ2) is 5.95. The molecule has 2 aliphatic rings. The largest absolute Gasteiger partial charge is 0.488 e. The fourth-order valence-electron chi connectivity index (χ4n) is 3.40. The van der Waals surface area contributed by atoms with E-state index in [1.807, 2.05) is 35.7 Å². The van der Waals surface area contributed by atoms with Gasteiger partial charge in [-0.25, -0.2) is 0 Å². The molecular formula is C16H19N3O2S. The first-order chi connectivity index (χ1) is 10.8. The molecule has 4 rings (SSSR count). The lowest BCUT2D eigenvalue weighted by atomic mass is 9.98. The van der Waals surface area contributed by atoms with Gasteiger partial charge in [0.05, 0.1) is 17.9 Å². The van der Waals surface area contributed by atoms with Gasteiger partial charge in [0.15, 0.2) is 0 Å². The molecule has 6 heteroatoms. The van der Waals surface area contributed by atoms with E-state index in [0.717, 1.165) is 43.9 Å². The van der Waals surface area contributed by atoms with E-state index >= 15 is 0 Å². The van der Waals surface area contributed by atoms with Gasteiger partial charge in [0.2, 0.25) is 0 Å². The highest BCUT2D eigenvalue weighted by molar-refractivity contribution is 7.03. The van der Waals surface area contributed by atoms with E-state index in [0.29, 0.717) is 6.61 Å². The molecular weight excluding hydrogens is 298 g/mol. The Morgan fingerprint density at radius 2 is 2.27 bits per heavy atom. The maximum atomic E-state index is 6.14. The number of ether oxygens (including phenoxy) is 2. The molecule has 0 saturated carbocycles. The zero-order chi connectivity index (χ0) is 14.8. The summed E-state index contributed by atoms with van der Waals surface area (Å²) >= 11 is 1.41. The van der Waals surface area contributed by atoms with Crippen LogP contribution in [0.1, 0.15) is 18.5 Å². The third-order valence-electron chi connectivity index (χ3n) is 4.41. The molecule has 2 aromatic rings. The standard InChI is InChI=1S/C16H19N3O2S/c1-2-4-14(5-3-1)21-15-8-16(20-10-15)6-7-19(12-16)9-13-11-22-18-17-13/h1-5,11,15H,6-10,12H2/t15-,16+/m0/s1. The van der Waals surface area contributed by atoms with Crippen LogP contribution in [0.3, 0.4) is 0 Å². The number of hydrogen-bond acceptors (Lipinski definition) is 6. The third-order valence-corrected chi connectivity index (χ3v) is 4.96. The number of nitrogens with zero attached hydrogens (tertiary/aromatic N) is 3. The van der Waals surface area contributed by atoms with E-state index in [2.05, 4.69) is 14.5 Å². The van der Waals surface area contributed by atoms with Crippen LogP contribution >= 0.6 is 11.5 Å². The van der Waals surface area contributed by atoms with Crippen molar-refractivity contribution < 1.29 is 9.47 Å². The van der Waals surface area contributed by atoms with Crippen molar-refractivity contribution >= 4 is 11.5 Å². The van der Waals surface area contributed by atoms with E-state index in [1.54, 1.807) is 0 Å². The lowest BCUT2D eigenvalue weighted by molar-refractivity contribution is 0.00927. The number of benzene rings is 1. The number of rotatable bonds is 4. The minimum Gasteiger partial charge on any atom is -0.488 e. The fraction of sp³-hybridized carbons (Fsp3) is 0.500. The van der Waals surface area contributed by atoms with Gasteiger partial charge in [-0.2, -0.15) is 0 Å². The van der Waals surface area contributed by atoms with Crippen LogP contribution in [0.5, 0.6) is 5.75 Å². The molecule has 0 bridgehead atoms. The first kappa shape index (κ1) is 14.1. The second-order valence-corrected chi connectivity index (χ2v) is 6.72. The van der Waals surface area contributed by atoms with Crippen LogP contribution < -0.4 is 4.74 Å². The normalized spacial score (nSPS) is 28.5. The van der Waals surface area contributed by atoms with Gasteiger partial charge >= 0.3 is 0 Å². The average Bonchev–Trinajstić information content (AvgIpc) is 3.25. The lowest BCUT2D eigenvalue weighted by Gasteiger charge is -2.23. The topological polar surface area (TPSA) is 47.5 Å². The van der Waals surface area contributed by atoms with Gasteiger partial charge in [0.25, 0.3) is 0 Å². The summed E-state index contributed by atoms with van der Waals surface area (Å²) in [5.41, 5.74) is 1.01. The maximum absolute atomic E-state index is 6.14. The van der Waals surface area contributed by atoms with Crippen molar-refractivity contribution in [2.45, 2.75) is 31.1 Å². The van der Waals surface area contributed by atoms with Crippen LogP contribution in [0.2, 0.25) is 0 Å². The van der Waals surface area contributed by atoms with Gasteiger partial charge < -0.3 is 9.47 Å². The Kier molecular flexibility index (Phi) is 3.82. The summed E-state index contributed by atoms with van der Waals surface area (Å²) in [5, 5.41) is 6.14. The molecule has 1 spiro atoms. The molecule has 5 nitrogen and oxygen atoms in total. The SMILES string of the molecule is c1ccc(O[C@@H]2CO[C@]3(CCN(Cc4csnn4)C3)C2)cc1. The van der Waals surface area contributed by atoms with Crippen LogP contribution in [0, 0.1) is 0 Å². The molecule has 0 aliphatic carbocycles. The van der Waals surface area contributed by atoms with Crippen LogP contribution in [0.15, 0.2) is 35.7 Å². The Hall–Kier alpha value is -1.50. The Balaban J connectivity index is 1.34. The minimum atomic E-state index is -0.0388. The number of likely N-dealkylation sites (tertiary alicyclic amines) is 1.